The molecular weight excluding hydrogens is 408 g/mol. The number of aromatic nitrogens is 1. The Labute approximate surface area is 187 Å². The lowest BCUT2D eigenvalue weighted by atomic mass is 10.1. The summed E-state index contributed by atoms with van der Waals surface area (Å²) in [5.74, 6) is 0.833. The van der Waals surface area contributed by atoms with E-state index in [1.54, 1.807) is 22.9 Å². The molecule has 0 saturated carbocycles. The number of amides is 2. The number of carbonyl (C=O) groups excluding carboxylic acids is 2. The Bertz CT molecular complexity index is 1080. The Balaban J connectivity index is 1.47. The predicted octanol–water partition coefficient (Wildman–Crippen LogP) is 4.56. The molecule has 7 heteroatoms. The molecule has 0 aliphatic carbocycles. The van der Waals surface area contributed by atoms with Crippen LogP contribution in [0.1, 0.15) is 31.1 Å². The number of nitrogens with zero attached hydrogens (tertiary/aromatic N) is 2. The van der Waals surface area contributed by atoms with Crippen LogP contribution >= 0.6 is 11.8 Å². The molecule has 2 N–H and O–H groups in total. The zero-order valence-corrected chi connectivity index (χ0v) is 18.9. The van der Waals surface area contributed by atoms with Gasteiger partial charge in [-0.3, -0.25) is 9.59 Å². The maximum atomic E-state index is 13.2. The van der Waals surface area contributed by atoms with Crippen LogP contribution in [0.5, 0.6) is 0 Å². The first-order valence-electron chi connectivity index (χ1n) is 10.6. The van der Waals surface area contributed by atoms with Crippen LogP contribution in [0.4, 0.5) is 11.4 Å². The van der Waals surface area contributed by atoms with E-state index < -0.39 is 6.04 Å². The topological polar surface area (TPSA) is 68.4 Å². The molecular formula is C24H28N4O2S. The normalized spacial score (nSPS) is 16.1. The Morgan fingerprint density at radius 3 is 2.65 bits per heavy atom. The molecule has 162 valence electrons. The van der Waals surface area contributed by atoms with Gasteiger partial charge in [0, 0.05) is 46.8 Å². The van der Waals surface area contributed by atoms with Crippen LogP contribution in [0.2, 0.25) is 0 Å². The van der Waals surface area contributed by atoms with Gasteiger partial charge in [0.15, 0.2) is 0 Å². The number of fused-ring (bicyclic) bond motifs is 1. The lowest BCUT2D eigenvalue weighted by Crippen LogP contribution is -2.44. The first-order valence-corrected chi connectivity index (χ1v) is 11.8. The summed E-state index contributed by atoms with van der Waals surface area (Å²) in [7, 11) is 0. The van der Waals surface area contributed by atoms with Crippen LogP contribution in [-0.2, 0) is 4.79 Å². The van der Waals surface area contributed by atoms with Gasteiger partial charge in [-0.25, -0.2) is 0 Å². The van der Waals surface area contributed by atoms with E-state index in [9.17, 15) is 9.59 Å². The molecule has 2 heterocycles. The van der Waals surface area contributed by atoms with Gasteiger partial charge in [-0.1, -0.05) is 18.2 Å². The second kappa shape index (κ2) is 9.06. The highest BCUT2D eigenvalue weighted by Crippen LogP contribution is 2.27. The average molecular weight is 437 g/mol. The maximum absolute atomic E-state index is 13.2. The number of hydrogen-bond acceptors (Lipinski definition) is 4. The van der Waals surface area contributed by atoms with E-state index in [-0.39, 0.29) is 11.8 Å². The molecule has 4 rings (SSSR count). The summed E-state index contributed by atoms with van der Waals surface area (Å²) in [6.45, 7) is 7.38. The molecule has 1 aliphatic rings. The van der Waals surface area contributed by atoms with Crippen LogP contribution in [0.3, 0.4) is 0 Å². The number of benzene rings is 2. The molecule has 1 atom stereocenters. The largest absolute Gasteiger partial charge is 0.369 e. The van der Waals surface area contributed by atoms with Gasteiger partial charge in [0.05, 0.1) is 11.4 Å². The molecule has 0 spiro atoms. The van der Waals surface area contributed by atoms with Gasteiger partial charge in [0.2, 0.25) is 5.91 Å². The van der Waals surface area contributed by atoms with Gasteiger partial charge in [-0.2, -0.15) is 0 Å². The van der Waals surface area contributed by atoms with E-state index in [2.05, 4.69) is 36.0 Å². The Kier molecular flexibility index (Phi) is 6.23. The fourth-order valence-corrected chi connectivity index (χ4v) is 5.22. The van der Waals surface area contributed by atoms with Crippen molar-refractivity contribution < 1.29 is 9.59 Å². The lowest BCUT2D eigenvalue weighted by Gasteiger charge is -2.27. The summed E-state index contributed by atoms with van der Waals surface area (Å²) >= 11 is 1.60. The molecule has 1 saturated heterocycles. The number of H-pyrrole nitrogens is 1. The highest BCUT2D eigenvalue weighted by atomic mass is 32.2. The van der Waals surface area contributed by atoms with Crippen molar-refractivity contribution in [3.63, 3.8) is 0 Å². The number of carbonyl (C=O) groups is 2. The molecule has 1 aromatic heterocycles. The standard InChI is InChI=1S/C24H28N4O2S/c1-4-27(16(2)3)18-11-9-17(10-12-18)26-23(29)22-14-31-15-28(22)24(30)20-13-25-21-8-6-5-7-19(20)21/h5-13,16,22,25H,4,14-15H2,1-3H3,(H,26,29). The van der Waals surface area contributed by atoms with Crippen LogP contribution in [0.15, 0.2) is 54.7 Å². The Morgan fingerprint density at radius 1 is 1.19 bits per heavy atom. The SMILES string of the molecule is CCN(c1ccc(NC(=O)C2CSCN2C(=O)c2c[nH]c3ccccc23)cc1)C(C)C. The quantitative estimate of drug-likeness (QED) is 0.595. The van der Waals surface area contributed by atoms with Crippen molar-refractivity contribution in [1.29, 1.82) is 0 Å². The number of hydrogen-bond donors (Lipinski definition) is 2. The van der Waals surface area contributed by atoms with Crippen molar-refractivity contribution in [2.24, 2.45) is 0 Å². The van der Waals surface area contributed by atoms with Gasteiger partial charge in [-0.05, 0) is 51.1 Å². The van der Waals surface area contributed by atoms with E-state index in [1.165, 1.54) is 0 Å². The van der Waals surface area contributed by atoms with E-state index in [0.29, 0.717) is 23.2 Å². The first-order chi connectivity index (χ1) is 15.0. The van der Waals surface area contributed by atoms with Gasteiger partial charge < -0.3 is 20.1 Å². The van der Waals surface area contributed by atoms with E-state index in [0.717, 1.165) is 28.8 Å². The van der Waals surface area contributed by atoms with Gasteiger partial charge in [-0.15, -0.1) is 11.8 Å². The summed E-state index contributed by atoms with van der Waals surface area (Å²) in [6, 6.07) is 15.5. The summed E-state index contributed by atoms with van der Waals surface area (Å²) in [6.07, 6.45) is 1.73. The molecule has 0 radical (unpaired) electrons. The molecule has 31 heavy (non-hydrogen) atoms. The Hall–Kier alpha value is -2.93. The van der Waals surface area contributed by atoms with Crippen LogP contribution in [0, 0.1) is 0 Å². The van der Waals surface area contributed by atoms with E-state index in [4.69, 9.17) is 0 Å². The number of nitrogens with one attached hydrogen (secondary N) is 2. The minimum atomic E-state index is -0.492. The fourth-order valence-electron chi connectivity index (χ4n) is 4.07. The molecule has 3 aromatic rings. The predicted molar refractivity (Wildman–Crippen MR) is 129 cm³/mol. The first kappa shape index (κ1) is 21.3. The fraction of sp³-hybridized carbons (Fsp3) is 0.333. The second-order valence-corrected chi connectivity index (χ2v) is 8.95. The molecule has 6 nitrogen and oxygen atoms in total. The lowest BCUT2D eigenvalue weighted by molar-refractivity contribution is -0.119. The smallest absolute Gasteiger partial charge is 0.257 e. The summed E-state index contributed by atoms with van der Waals surface area (Å²) in [4.78, 5) is 33.3. The highest BCUT2D eigenvalue weighted by molar-refractivity contribution is 7.99. The highest BCUT2D eigenvalue weighted by Gasteiger charge is 2.36. The van der Waals surface area contributed by atoms with Gasteiger partial charge in [0.1, 0.15) is 6.04 Å². The summed E-state index contributed by atoms with van der Waals surface area (Å²) < 4.78 is 0. The number of para-hydroxylation sites is 1. The second-order valence-electron chi connectivity index (χ2n) is 7.95. The van der Waals surface area contributed by atoms with Crippen molar-refractivity contribution in [1.82, 2.24) is 9.88 Å². The van der Waals surface area contributed by atoms with Crippen molar-refractivity contribution in [3.8, 4) is 0 Å². The van der Waals surface area contributed by atoms with Crippen molar-refractivity contribution in [2.75, 3.05) is 28.4 Å². The number of aromatic amines is 1. The number of anilines is 2. The van der Waals surface area contributed by atoms with E-state index >= 15 is 0 Å². The van der Waals surface area contributed by atoms with Crippen molar-refractivity contribution in [2.45, 2.75) is 32.9 Å². The van der Waals surface area contributed by atoms with Crippen LogP contribution in [0.25, 0.3) is 10.9 Å². The van der Waals surface area contributed by atoms with Crippen molar-refractivity contribution in [3.05, 3.63) is 60.3 Å². The Morgan fingerprint density at radius 2 is 1.94 bits per heavy atom. The summed E-state index contributed by atoms with van der Waals surface area (Å²) in [5, 5.41) is 3.87. The molecule has 1 fully saturated rings. The van der Waals surface area contributed by atoms with Crippen LogP contribution in [-0.4, -0.2) is 52.0 Å². The molecule has 0 bridgehead atoms. The molecule has 1 aliphatic heterocycles. The summed E-state index contributed by atoms with van der Waals surface area (Å²) in [5.41, 5.74) is 3.39. The van der Waals surface area contributed by atoms with Gasteiger partial charge >= 0.3 is 0 Å². The molecule has 1 unspecified atom stereocenters. The molecule has 2 aromatic carbocycles. The third-order valence-corrected chi connectivity index (χ3v) is 6.71. The van der Waals surface area contributed by atoms with Gasteiger partial charge in [0.25, 0.3) is 5.91 Å². The van der Waals surface area contributed by atoms with Crippen molar-refractivity contribution >= 4 is 45.9 Å². The monoisotopic (exact) mass is 436 g/mol. The molecule has 2 amide bonds. The number of thioether (sulfide) groups is 1. The minimum absolute atomic E-state index is 0.117. The minimum Gasteiger partial charge on any atom is -0.369 e. The third kappa shape index (κ3) is 4.28. The van der Waals surface area contributed by atoms with Crippen LogP contribution < -0.4 is 10.2 Å². The van der Waals surface area contributed by atoms with E-state index in [1.807, 2.05) is 48.5 Å². The zero-order chi connectivity index (χ0) is 22.0. The number of rotatable bonds is 6. The maximum Gasteiger partial charge on any atom is 0.257 e. The zero-order valence-electron chi connectivity index (χ0n) is 18.1. The average Bonchev–Trinajstić information content (AvgIpc) is 3.42. The third-order valence-electron chi connectivity index (χ3n) is 5.70.